The number of rotatable bonds is 6. The number of aromatic nitrogens is 2. The lowest BCUT2D eigenvalue weighted by atomic mass is 10.1. The van der Waals surface area contributed by atoms with Gasteiger partial charge in [0.25, 0.3) is 0 Å². The second kappa shape index (κ2) is 5.53. The van der Waals surface area contributed by atoms with Gasteiger partial charge in [0.2, 0.25) is 0 Å². The van der Waals surface area contributed by atoms with Crippen molar-refractivity contribution in [2.75, 3.05) is 0 Å². The number of hydrogen-bond donors (Lipinski definition) is 1. The van der Waals surface area contributed by atoms with E-state index in [1.54, 1.807) is 6.33 Å². The van der Waals surface area contributed by atoms with Crippen LogP contribution in [0.5, 0.6) is 0 Å². The van der Waals surface area contributed by atoms with Crippen molar-refractivity contribution in [2.45, 2.75) is 39.7 Å². The molecule has 15 heavy (non-hydrogen) atoms. The van der Waals surface area contributed by atoms with E-state index in [1.807, 2.05) is 10.8 Å². The van der Waals surface area contributed by atoms with Gasteiger partial charge in [-0.05, 0) is 12.3 Å². The molecule has 0 fully saturated rings. The van der Waals surface area contributed by atoms with Gasteiger partial charge in [-0.15, -0.1) is 0 Å². The summed E-state index contributed by atoms with van der Waals surface area (Å²) in [5.41, 5.74) is 0.862. The van der Waals surface area contributed by atoms with E-state index in [1.165, 1.54) is 0 Å². The zero-order valence-electron chi connectivity index (χ0n) is 9.31. The Hall–Kier alpha value is -1.32. The highest BCUT2D eigenvalue weighted by molar-refractivity contribution is 5.66. The predicted molar refractivity (Wildman–Crippen MR) is 57.6 cm³/mol. The van der Waals surface area contributed by atoms with Crippen molar-refractivity contribution >= 4 is 5.97 Å². The Bertz CT molecular complexity index is 318. The van der Waals surface area contributed by atoms with E-state index in [2.05, 4.69) is 18.8 Å². The molecular formula is C11H18N2O2. The van der Waals surface area contributed by atoms with Crippen LogP contribution in [0.2, 0.25) is 0 Å². The molecule has 0 saturated heterocycles. The first-order valence-corrected chi connectivity index (χ1v) is 5.30. The zero-order valence-corrected chi connectivity index (χ0v) is 9.31. The highest BCUT2D eigenvalue weighted by Crippen LogP contribution is 2.05. The van der Waals surface area contributed by atoms with Crippen molar-refractivity contribution in [1.82, 2.24) is 9.55 Å². The van der Waals surface area contributed by atoms with Gasteiger partial charge in [0.05, 0.1) is 18.4 Å². The lowest BCUT2D eigenvalue weighted by Crippen LogP contribution is -1.99. The topological polar surface area (TPSA) is 55.1 Å². The van der Waals surface area contributed by atoms with Gasteiger partial charge >= 0.3 is 5.97 Å². The molecule has 4 heteroatoms. The Balaban J connectivity index is 2.38. The van der Waals surface area contributed by atoms with Gasteiger partial charge in [-0.3, -0.25) is 4.79 Å². The molecule has 1 aromatic heterocycles. The molecular weight excluding hydrogens is 192 g/mol. The van der Waals surface area contributed by atoms with Crippen molar-refractivity contribution in [3.05, 3.63) is 18.2 Å². The van der Waals surface area contributed by atoms with E-state index in [4.69, 9.17) is 5.11 Å². The molecule has 0 aliphatic rings. The lowest BCUT2D eigenvalue weighted by molar-refractivity contribution is -0.136. The van der Waals surface area contributed by atoms with Crippen LogP contribution in [0.3, 0.4) is 0 Å². The number of aliphatic carboxylic acids is 1. The minimum atomic E-state index is -0.772. The molecule has 0 unspecified atom stereocenters. The van der Waals surface area contributed by atoms with E-state index in [0.717, 1.165) is 18.7 Å². The average molecular weight is 210 g/mol. The van der Waals surface area contributed by atoms with E-state index in [9.17, 15) is 4.79 Å². The fourth-order valence-corrected chi connectivity index (χ4v) is 1.30. The quantitative estimate of drug-likeness (QED) is 0.780. The van der Waals surface area contributed by atoms with Gasteiger partial charge in [0.15, 0.2) is 0 Å². The van der Waals surface area contributed by atoms with E-state index >= 15 is 0 Å². The molecule has 0 atom stereocenters. The summed E-state index contributed by atoms with van der Waals surface area (Å²) in [5.74, 6) is -0.0957. The lowest BCUT2D eigenvalue weighted by Gasteiger charge is -2.04. The normalized spacial score (nSPS) is 10.9. The SMILES string of the molecule is CC(C)CCn1cnc(CCC(=O)O)c1. The molecule has 1 heterocycles. The van der Waals surface area contributed by atoms with Crippen LogP contribution >= 0.6 is 0 Å². The number of aryl methyl sites for hydroxylation is 2. The average Bonchev–Trinajstić information content (AvgIpc) is 2.59. The maximum atomic E-state index is 10.4. The molecule has 0 spiro atoms. The minimum absolute atomic E-state index is 0.154. The smallest absolute Gasteiger partial charge is 0.303 e. The standard InChI is InChI=1S/C11H18N2O2/c1-9(2)5-6-13-7-10(12-8-13)3-4-11(14)15/h7-9H,3-6H2,1-2H3,(H,14,15). The van der Waals surface area contributed by atoms with Gasteiger partial charge in [-0.25, -0.2) is 4.98 Å². The summed E-state index contributed by atoms with van der Waals surface area (Å²) in [6.45, 7) is 5.32. The maximum Gasteiger partial charge on any atom is 0.303 e. The van der Waals surface area contributed by atoms with Crippen LogP contribution in [0, 0.1) is 5.92 Å². The van der Waals surface area contributed by atoms with Crippen LogP contribution in [0.15, 0.2) is 12.5 Å². The van der Waals surface area contributed by atoms with Crippen LogP contribution in [-0.2, 0) is 17.8 Å². The third kappa shape index (κ3) is 4.63. The molecule has 0 aliphatic heterocycles. The maximum absolute atomic E-state index is 10.4. The summed E-state index contributed by atoms with van der Waals surface area (Å²) < 4.78 is 2.02. The van der Waals surface area contributed by atoms with Crippen molar-refractivity contribution in [3.63, 3.8) is 0 Å². The molecule has 0 radical (unpaired) electrons. The van der Waals surface area contributed by atoms with Crippen LogP contribution in [0.4, 0.5) is 0 Å². The van der Waals surface area contributed by atoms with Crippen LogP contribution in [0.25, 0.3) is 0 Å². The first kappa shape index (κ1) is 11.8. The molecule has 1 aromatic rings. The third-order valence-corrected chi connectivity index (χ3v) is 2.25. The number of imidazole rings is 1. The summed E-state index contributed by atoms with van der Waals surface area (Å²) in [6, 6.07) is 0. The highest BCUT2D eigenvalue weighted by atomic mass is 16.4. The van der Waals surface area contributed by atoms with Gasteiger partial charge in [0.1, 0.15) is 0 Å². The second-order valence-corrected chi connectivity index (χ2v) is 4.18. The Morgan fingerprint density at radius 2 is 2.33 bits per heavy atom. The Morgan fingerprint density at radius 3 is 2.93 bits per heavy atom. The number of carbonyl (C=O) groups is 1. The van der Waals surface area contributed by atoms with Crippen LogP contribution in [-0.4, -0.2) is 20.6 Å². The molecule has 84 valence electrons. The highest BCUT2D eigenvalue weighted by Gasteiger charge is 2.03. The number of carboxylic acids is 1. The molecule has 0 aliphatic carbocycles. The Kier molecular flexibility index (Phi) is 4.34. The third-order valence-electron chi connectivity index (χ3n) is 2.25. The summed E-state index contributed by atoms with van der Waals surface area (Å²) in [5, 5.41) is 8.52. The molecule has 1 rings (SSSR count). The first-order valence-electron chi connectivity index (χ1n) is 5.30. The number of carboxylic acid groups (broad SMARTS) is 1. The number of hydrogen-bond acceptors (Lipinski definition) is 2. The molecule has 0 bridgehead atoms. The van der Waals surface area contributed by atoms with Crippen molar-refractivity contribution < 1.29 is 9.90 Å². The fourth-order valence-electron chi connectivity index (χ4n) is 1.30. The van der Waals surface area contributed by atoms with E-state index < -0.39 is 5.97 Å². The second-order valence-electron chi connectivity index (χ2n) is 4.18. The summed E-state index contributed by atoms with van der Waals surface area (Å²) in [4.78, 5) is 14.5. The van der Waals surface area contributed by atoms with Crippen LogP contribution < -0.4 is 0 Å². The van der Waals surface area contributed by atoms with Gasteiger partial charge in [-0.1, -0.05) is 13.8 Å². The Morgan fingerprint density at radius 1 is 1.60 bits per heavy atom. The first-order chi connectivity index (χ1) is 7.08. The minimum Gasteiger partial charge on any atom is -0.481 e. The van der Waals surface area contributed by atoms with Crippen molar-refractivity contribution in [1.29, 1.82) is 0 Å². The van der Waals surface area contributed by atoms with Gasteiger partial charge in [-0.2, -0.15) is 0 Å². The monoisotopic (exact) mass is 210 g/mol. The van der Waals surface area contributed by atoms with Crippen molar-refractivity contribution in [2.24, 2.45) is 5.92 Å². The summed E-state index contributed by atoms with van der Waals surface area (Å²) in [6.07, 6.45) is 5.50. The number of nitrogens with zero attached hydrogens (tertiary/aromatic N) is 2. The molecule has 0 aromatic carbocycles. The summed E-state index contributed by atoms with van der Waals surface area (Å²) >= 11 is 0. The Labute approximate surface area is 89.9 Å². The van der Waals surface area contributed by atoms with Crippen LogP contribution in [0.1, 0.15) is 32.4 Å². The van der Waals surface area contributed by atoms with Gasteiger partial charge in [0, 0.05) is 19.2 Å². The van der Waals surface area contributed by atoms with Crippen molar-refractivity contribution in [3.8, 4) is 0 Å². The molecule has 0 saturated carbocycles. The molecule has 0 amide bonds. The zero-order chi connectivity index (χ0) is 11.3. The molecule has 4 nitrogen and oxygen atoms in total. The van der Waals surface area contributed by atoms with Gasteiger partial charge < -0.3 is 9.67 Å². The fraction of sp³-hybridized carbons (Fsp3) is 0.636. The van der Waals surface area contributed by atoms with E-state index in [0.29, 0.717) is 12.3 Å². The predicted octanol–water partition coefficient (Wildman–Crippen LogP) is 1.95. The molecule has 1 N–H and O–H groups in total. The van der Waals surface area contributed by atoms with E-state index in [-0.39, 0.29) is 6.42 Å². The largest absolute Gasteiger partial charge is 0.481 e. The summed E-state index contributed by atoms with van der Waals surface area (Å²) in [7, 11) is 0.